The van der Waals surface area contributed by atoms with E-state index in [1.165, 1.54) is 0 Å². The van der Waals surface area contributed by atoms with Crippen LogP contribution in [-0.4, -0.2) is 11.0 Å². The number of nitrogens with one attached hydrogen (secondary N) is 1. The lowest BCUT2D eigenvalue weighted by Gasteiger charge is -2.21. The number of nitrogens with two attached hydrogens (primary N) is 1. The number of fused-ring (bicyclic) bond motifs is 1. The first kappa shape index (κ1) is 12.7. The molecule has 4 heteroatoms. The van der Waals surface area contributed by atoms with Gasteiger partial charge in [-0.25, -0.2) is 0 Å². The van der Waals surface area contributed by atoms with Gasteiger partial charge in [0, 0.05) is 6.04 Å². The largest absolute Gasteiger partial charge is 0.423 e. The molecule has 98 valence electrons. The van der Waals surface area contributed by atoms with Crippen LogP contribution < -0.4 is 11.1 Å². The van der Waals surface area contributed by atoms with Crippen LogP contribution in [0, 0.1) is 5.92 Å². The van der Waals surface area contributed by atoms with Gasteiger partial charge >= 0.3 is 0 Å². The molecule has 1 heterocycles. The Morgan fingerprint density at radius 1 is 1.33 bits per heavy atom. The lowest BCUT2D eigenvalue weighted by Crippen LogP contribution is -2.25. The van der Waals surface area contributed by atoms with Gasteiger partial charge in [-0.15, -0.1) is 0 Å². The van der Waals surface area contributed by atoms with Crippen molar-refractivity contribution in [2.24, 2.45) is 5.92 Å². The number of anilines is 2. The number of nitrogens with zero attached hydrogens (tertiary/aromatic N) is 1. The lowest BCUT2D eigenvalue weighted by atomic mass is 9.96. The summed E-state index contributed by atoms with van der Waals surface area (Å²) in [6.45, 7) is 6.57. The van der Waals surface area contributed by atoms with Crippen molar-refractivity contribution in [2.45, 2.75) is 39.7 Å². The van der Waals surface area contributed by atoms with Gasteiger partial charge in [0.2, 0.25) is 0 Å². The van der Waals surface area contributed by atoms with Crippen molar-refractivity contribution in [2.75, 3.05) is 11.1 Å². The predicted octanol–water partition coefficient (Wildman–Crippen LogP) is 3.65. The molecule has 0 aliphatic rings. The van der Waals surface area contributed by atoms with E-state index < -0.39 is 0 Å². The quantitative estimate of drug-likeness (QED) is 0.792. The van der Waals surface area contributed by atoms with E-state index in [2.05, 4.69) is 31.1 Å². The van der Waals surface area contributed by atoms with Gasteiger partial charge in [-0.05, 0) is 25.0 Å². The molecule has 0 aliphatic heterocycles. The van der Waals surface area contributed by atoms with E-state index in [1.54, 1.807) is 0 Å². The van der Waals surface area contributed by atoms with Crippen LogP contribution in [0.15, 0.2) is 22.6 Å². The maximum absolute atomic E-state index is 5.86. The van der Waals surface area contributed by atoms with Crippen LogP contribution in [0.2, 0.25) is 0 Å². The molecule has 4 nitrogen and oxygen atoms in total. The fraction of sp³-hybridized carbons (Fsp3) is 0.500. The summed E-state index contributed by atoms with van der Waals surface area (Å²) in [6, 6.07) is 6.48. The fourth-order valence-corrected chi connectivity index (χ4v) is 2.34. The third kappa shape index (κ3) is 2.42. The summed E-state index contributed by atoms with van der Waals surface area (Å²) in [5.41, 5.74) is 7.98. The molecule has 0 radical (unpaired) electrons. The summed E-state index contributed by atoms with van der Waals surface area (Å²) in [5.74, 6) is 0.623. The molecule has 3 N–H and O–H groups in total. The number of rotatable bonds is 5. The first-order valence-corrected chi connectivity index (χ1v) is 6.57. The smallest absolute Gasteiger partial charge is 0.295 e. The molecule has 1 unspecified atom stereocenters. The van der Waals surface area contributed by atoms with Crippen molar-refractivity contribution < 1.29 is 4.42 Å². The summed E-state index contributed by atoms with van der Waals surface area (Å²) < 4.78 is 5.66. The second kappa shape index (κ2) is 5.29. The van der Waals surface area contributed by atoms with Crippen molar-refractivity contribution >= 4 is 22.8 Å². The molecule has 0 fully saturated rings. The Bertz CT molecular complexity index is 517. The highest BCUT2D eigenvalue weighted by Crippen LogP contribution is 2.25. The van der Waals surface area contributed by atoms with Gasteiger partial charge in [-0.2, -0.15) is 4.98 Å². The Morgan fingerprint density at radius 2 is 2.06 bits per heavy atom. The highest BCUT2D eigenvalue weighted by atomic mass is 16.4. The van der Waals surface area contributed by atoms with E-state index in [1.807, 2.05) is 18.2 Å². The molecule has 1 atom stereocenters. The third-order valence-electron chi connectivity index (χ3n) is 3.56. The summed E-state index contributed by atoms with van der Waals surface area (Å²) >= 11 is 0. The van der Waals surface area contributed by atoms with Crippen LogP contribution in [0.25, 0.3) is 11.1 Å². The molecular formula is C14H21N3O. The van der Waals surface area contributed by atoms with Crippen molar-refractivity contribution in [3.05, 3.63) is 18.2 Å². The number of para-hydroxylation sites is 1. The first-order chi connectivity index (χ1) is 8.65. The molecule has 2 aromatic rings. The van der Waals surface area contributed by atoms with Crippen LogP contribution in [0.1, 0.15) is 33.6 Å². The molecule has 18 heavy (non-hydrogen) atoms. The molecule has 0 bridgehead atoms. The summed E-state index contributed by atoms with van der Waals surface area (Å²) in [6.07, 6.45) is 2.29. The standard InChI is InChI=1S/C14H21N3O/c1-4-10(5-2)9(3)16-14-17-13-11(15)7-6-8-12(13)18-14/h6-10H,4-5,15H2,1-3H3,(H,16,17). The van der Waals surface area contributed by atoms with Gasteiger partial charge in [0.25, 0.3) is 6.01 Å². The van der Waals surface area contributed by atoms with Crippen molar-refractivity contribution in [1.29, 1.82) is 0 Å². The van der Waals surface area contributed by atoms with Gasteiger partial charge in [0.15, 0.2) is 5.58 Å². The van der Waals surface area contributed by atoms with E-state index in [0.717, 1.165) is 23.9 Å². The highest BCUT2D eigenvalue weighted by molar-refractivity contribution is 5.86. The molecule has 1 aromatic heterocycles. The molecular weight excluding hydrogens is 226 g/mol. The third-order valence-corrected chi connectivity index (χ3v) is 3.56. The van der Waals surface area contributed by atoms with Crippen molar-refractivity contribution in [3.8, 4) is 0 Å². The minimum Gasteiger partial charge on any atom is -0.423 e. The zero-order valence-corrected chi connectivity index (χ0v) is 11.2. The maximum atomic E-state index is 5.86. The normalized spacial score (nSPS) is 13.1. The Hall–Kier alpha value is -1.71. The van der Waals surface area contributed by atoms with Crippen LogP contribution in [0.5, 0.6) is 0 Å². The zero-order valence-electron chi connectivity index (χ0n) is 11.2. The Morgan fingerprint density at radius 3 is 2.67 bits per heavy atom. The minimum absolute atomic E-state index is 0.342. The van der Waals surface area contributed by atoms with Gasteiger partial charge in [-0.3, -0.25) is 0 Å². The molecule has 2 rings (SSSR count). The monoisotopic (exact) mass is 247 g/mol. The SMILES string of the molecule is CCC(CC)C(C)Nc1nc2c(N)cccc2o1. The summed E-state index contributed by atoms with van der Waals surface area (Å²) in [7, 11) is 0. The Balaban J connectivity index is 2.19. The van der Waals surface area contributed by atoms with E-state index in [-0.39, 0.29) is 0 Å². The first-order valence-electron chi connectivity index (χ1n) is 6.57. The van der Waals surface area contributed by atoms with Crippen LogP contribution in [0.4, 0.5) is 11.7 Å². The van der Waals surface area contributed by atoms with E-state index in [9.17, 15) is 0 Å². The highest BCUT2D eigenvalue weighted by Gasteiger charge is 2.16. The average molecular weight is 247 g/mol. The fourth-order valence-electron chi connectivity index (χ4n) is 2.34. The lowest BCUT2D eigenvalue weighted by molar-refractivity contribution is 0.428. The number of nitrogen functional groups attached to an aromatic ring is 1. The van der Waals surface area contributed by atoms with E-state index >= 15 is 0 Å². The number of benzene rings is 1. The number of hydrogen-bond donors (Lipinski definition) is 2. The molecule has 0 saturated carbocycles. The van der Waals surface area contributed by atoms with Crippen LogP contribution >= 0.6 is 0 Å². The molecule has 1 aromatic carbocycles. The molecule has 0 spiro atoms. The minimum atomic E-state index is 0.342. The second-order valence-corrected chi connectivity index (χ2v) is 4.72. The van der Waals surface area contributed by atoms with E-state index in [0.29, 0.717) is 23.7 Å². The number of oxazole rings is 1. The number of hydrogen-bond acceptors (Lipinski definition) is 4. The van der Waals surface area contributed by atoms with Crippen LogP contribution in [-0.2, 0) is 0 Å². The van der Waals surface area contributed by atoms with E-state index in [4.69, 9.17) is 10.2 Å². The zero-order chi connectivity index (χ0) is 13.1. The van der Waals surface area contributed by atoms with Gasteiger partial charge < -0.3 is 15.5 Å². The second-order valence-electron chi connectivity index (χ2n) is 4.72. The topological polar surface area (TPSA) is 64.1 Å². The molecule has 0 saturated heterocycles. The Kier molecular flexibility index (Phi) is 3.75. The predicted molar refractivity (Wildman–Crippen MR) is 75.6 cm³/mol. The van der Waals surface area contributed by atoms with Gasteiger partial charge in [-0.1, -0.05) is 32.8 Å². The maximum Gasteiger partial charge on any atom is 0.295 e. The summed E-state index contributed by atoms with van der Waals surface area (Å²) in [5, 5.41) is 3.33. The average Bonchev–Trinajstić information content (AvgIpc) is 2.74. The number of aromatic nitrogens is 1. The Labute approximate surface area is 108 Å². The van der Waals surface area contributed by atoms with Crippen LogP contribution in [0.3, 0.4) is 0 Å². The van der Waals surface area contributed by atoms with Gasteiger partial charge in [0.05, 0.1) is 5.69 Å². The van der Waals surface area contributed by atoms with Crippen molar-refractivity contribution in [3.63, 3.8) is 0 Å². The summed E-state index contributed by atoms with van der Waals surface area (Å²) in [4.78, 5) is 4.40. The van der Waals surface area contributed by atoms with Crippen molar-refractivity contribution in [1.82, 2.24) is 4.98 Å². The molecule has 0 aliphatic carbocycles. The van der Waals surface area contributed by atoms with Gasteiger partial charge in [0.1, 0.15) is 5.52 Å². The molecule has 0 amide bonds.